The maximum atomic E-state index is 13.0. The molecule has 156 valence electrons. The second-order valence-electron chi connectivity index (χ2n) is 7.73. The predicted molar refractivity (Wildman–Crippen MR) is 112 cm³/mol. The van der Waals surface area contributed by atoms with E-state index in [-0.39, 0.29) is 17.4 Å². The minimum Gasteiger partial charge on any atom is -0.507 e. The van der Waals surface area contributed by atoms with Gasteiger partial charge in [0.2, 0.25) is 0 Å². The molecule has 0 saturated carbocycles. The highest BCUT2D eigenvalue weighted by atomic mass is 16.5. The van der Waals surface area contributed by atoms with Crippen molar-refractivity contribution in [3.05, 3.63) is 70.8 Å². The highest BCUT2D eigenvalue weighted by Gasteiger charge is 2.47. The Balaban J connectivity index is 1.80. The largest absolute Gasteiger partial charge is 0.507 e. The van der Waals surface area contributed by atoms with E-state index < -0.39 is 17.7 Å². The summed E-state index contributed by atoms with van der Waals surface area (Å²) in [6.07, 6.45) is 1.69. The van der Waals surface area contributed by atoms with E-state index in [0.29, 0.717) is 24.5 Å². The normalized spacial score (nSPS) is 23.2. The maximum absolute atomic E-state index is 13.0. The highest BCUT2D eigenvalue weighted by molar-refractivity contribution is 6.46. The Labute approximate surface area is 175 Å². The van der Waals surface area contributed by atoms with E-state index in [2.05, 4.69) is 0 Å². The van der Waals surface area contributed by atoms with Crippen LogP contribution in [-0.2, 0) is 14.3 Å². The van der Waals surface area contributed by atoms with Crippen molar-refractivity contribution in [2.45, 2.75) is 31.9 Å². The van der Waals surface area contributed by atoms with Gasteiger partial charge in [-0.1, -0.05) is 29.8 Å². The van der Waals surface area contributed by atoms with Crippen molar-refractivity contribution in [1.82, 2.24) is 4.90 Å². The lowest BCUT2D eigenvalue weighted by Crippen LogP contribution is -2.36. The Kier molecular flexibility index (Phi) is 5.59. The molecule has 2 unspecified atom stereocenters. The molecule has 2 heterocycles. The number of aliphatic hydroxyl groups excluding tert-OH is 1. The van der Waals surface area contributed by atoms with Crippen LogP contribution in [0.1, 0.15) is 35.6 Å². The molecule has 0 aromatic heterocycles. The maximum Gasteiger partial charge on any atom is 0.295 e. The highest BCUT2D eigenvalue weighted by Crippen LogP contribution is 2.40. The lowest BCUT2D eigenvalue weighted by molar-refractivity contribution is -0.140. The summed E-state index contributed by atoms with van der Waals surface area (Å²) in [6.45, 7) is 2.96. The number of methoxy groups -OCH3 is 1. The van der Waals surface area contributed by atoms with Crippen molar-refractivity contribution in [2.24, 2.45) is 0 Å². The molecule has 1 amide bonds. The standard InChI is InChI=1S/C24H25NO5/c1-15-5-7-16(8-6-15)21-20(22(26)17-9-11-18(29-2)12-10-17)23(27)24(28)25(21)14-19-4-3-13-30-19/h5-12,19,21,26H,3-4,13-14H2,1-2H3/b22-20-. The lowest BCUT2D eigenvalue weighted by Gasteiger charge is -2.27. The van der Waals surface area contributed by atoms with Gasteiger partial charge in [0.1, 0.15) is 11.5 Å². The molecular weight excluding hydrogens is 382 g/mol. The van der Waals surface area contributed by atoms with Gasteiger partial charge < -0.3 is 19.5 Å². The fraction of sp³-hybridized carbons (Fsp3) is 0.333. The predicted octanol–water partition coefficient (Wildman–Crippen LogP) is 3.60. The van der Waals surface area contributed by atoms with Gasteiger partial charge in [-0.25, -0.2) is 0 Å². The lowest BCUT2D eigenvalue weighted by atomic mass is 9.94. The van der Waals surface area contributed by atoms with Crippen molar-refractivity contribution in [3.8, 4) is 5.75 Å². The van der Waals surface area contributed by atoms with Crippen molar-refractivity contribution < 1.29 is 24.2 Å². The van der Waals surface area contributed by atoms with E-state index in [4.69, 9.17) is 9.47 Å². The number of ether oxygens (including phenoxy) is 2. The number of carbonyl (C=O) groups is 2. The molecule has 2 aromatic carbocycles. The number of benzene rings is 2. The third-order valence-electron chi connectivity index (χ3n) is 5.72. The number of amides is 1. The monoisotopic (exact) mass is 407 g/mol. The number of rotatable bonds is 5. The first kappa shape index (κ1) is 20.2. The Hall–Kier alpha value is -3.12. The Morgan fingerprint density at radius 1 is 1.13 bits per heavy atom. The molecule has 0 spiro atoms. The van der Waals surface area contributed by atoms with Gasteiger partial charge in [0.15, 0.2) is 0 Å². The Bertz CT molecular complexity index is 972. The van der Waals surface area contributed by atoms with Crippen LogP contribution in [0.5, 0.6) is 5.75 Å². The first-order valence-corrected chi connectivity index (χ1v) is 10.1. The van der Waals surface area contributed by atoms with Crippen molar-refractivity contribution in [1.29, 1.82) is 0 Å². The van der Waals surface area contributed by atoms with Crippen LogP contribution < -0.4 is 4.74 Å². The van der Waals surface area contributed by atoms with Crippen LogP contribution in [0.3, 0.4) is 0 Å². The van der Waals surface area contributed by atoms with Crippen LogP contribution in [-0.4, -0.2) is 48.1 Å². The molecular formula is C24H25NO5. The number of likely N-dealkylation sites (tertiary alicyclic amines) is 1. The minimum atomic E-state index is -0.674. The molecule has 4 rings (SSSR count). The van der Waals surface area contributed by atoms with E-state index in [9.17, 15) is 14.7 Å². The summed E-state index contributed by atoms with van der Waals surface area (Å²) in [5.41, 5.74) is 2.42. The summed E-state index contributed by atoms with van der Waals surface area (Å²) >= 11 is 0. The van der Waals surface area contributed by atoms with Crippen LogP contribution in [0.25, 0.3) is 5.76 Å². The van der Waals surface area contributed by atoms with Crippen LogP contribution >= 0.6 is 0 Å². The second-order valence-corrected chi connectivity index (χ2v) is 7.73. The van der Waals surface area contributed by atoms with E-state index in [1.807, 2.05) is 31.2 Å². The quantitative estimate of drug-likeness (QED) is 0.466. The van der Waals surface area contributed by atoms with Gasteiger partial charge in [0.05, 0.1) is 24.8 Å². The van der Waals surface area contributed by atoms with Crippen LogP contribution in [0.15, 0.2) is 54.1 Å². The summed E-state index contributed by atoms with van der Waals surface area (Å²) in [6, 6.07) is 13.8. The average Bonchev–Trinajstić information content (AvgIpc) is 3.36. The molecule has 2 saturated heterocycles. The number of hydrogen-bond donors (Lipinski definition) is 1. The van der Waals surface area contributed by atoms with E-state index in [1.54, 1.807) is 31.4 Å². The number of hydrogen-bond acceptors (Lipinski definition) is 5. The fourth-order valence-corrected chi connectivity index (χ4v) is 4.08. The molecule has 0 bridgehead atoms. The van der Waals surface area contributed by atoms with Gasteiger partial charge in [-0.15, -0.1) is 0 Å². The van der Waals surface area contributed by atoms with Gasteiger partial charge in [-0.3, -0.25) is 9.59 Å². The molecule has 2 atom stereocenters. The molecule has 2 aliphatic rings. The van der Waals surface area contributed by atoms with Gasteiger partial charge in [0, 0.05) is 18.7 Å². The zero-order valence-corrected chi connectivity index (χ0v) is 17.1. The molecule has 6 nitrogen and oxygen atoms in total. The number of aliphatic hydroxyl groups is 1. The van der Waals surface area contributed by atoms with Crippen LogP contribution in [0, 0.1) is 6.92 Å². The zero-order valence-electron chi connectivity index (χ0n) is 17.1. The molecule has 6 heteroatoms. The zero-order chi connectivity index (χ0) is 21.3. The number of aryl methyl sites for hydroxylation is 1. The van der Waals surface area contributed by atoms with E-state index in [0.717, 1.165) is 24.0 Å². The molecule has 2 fully saturated rings. The third kappa shape index (κ3) is 3.71. The summed E-state index contributed by atoms with van der Waals surface area (Å²) in [5, 5.41) is 11.0. The second kappa shape index (κ2) is 8.32. The third-order valence-corrected chi connectivity index (χ3v) is 5.72. The molecule has 0 aliphatic carbocycles. The molecule has 30 heavy (non-hydrogen) atoms. The van der Waals surface area contributed by atoms with Crippen LogP contribution in [0.4, 0.5) is 0 Å². The molecule has 1 N–H and O–H groups in total. The number of carbonyl (C=O) groups excluding carboxylic acids is 2. The van der Waals surface area contributed by atoms with Crippen molar-refractivity contribution in [3.63, 3.8) is 0 Å². The number of nitrogens with zero attached hydrogens (tertiary/aromatic N) is 1. The SMILES string of the molecule is COc1ccc(/C(O)=C2/C(=O)C(=O)N(CC3CCCO3)C2c2ccc(C)cc2)cc1. The summed E-state index contributed by atoms with van der Waals surface area (Å²) in [4.78, 5) is 27.5. The summed E-state index contributed by atoms with van der Waals surface area (Å²) in [7, 11) is 1.56. The topological polar surface area (TPSA) is 76.1 Å². The smallest absolute Gasteiger partial charge is 0.295 e. The van der Waals surface area contributed by atoms with Crippen molar-refractivity contribution in [2.75, 3.05) is 20.3 Å². The fourth-order valence-electron chi connectivity index (χ4n) is 4.08. The Morgan fingerprint density at radius 3 is 2.43 bits per heavy atom. The van der Waals surface area contributed by atoms with E-state index in [1.165, 1.54) is 4.90 Å². The summed E-state index contributed by atoms with van der Waals surface area (Å²) in [5.74, 6) is -0.824. The summed E-state index contributed by atoms with van der Waals surface area (Å²) < 4.78 is 10.9. The molecule has 2 aliphatic heterocycles. The number of Topliss-reactive ketones (excluding diaryl/α,β-unsaturated/α-hetero) is 1. The van der Waals surface area contributed by atoms with Gasteiger partial charge in [-0.2, -0.15) is 0 Å². The van der Waals surface area contributed by atoms with Gasteiger partial charge in [-0.05, 0) is 49.6 Å². The first-order valence-electron chi connectivity index (χ1n) is 10.1. The van der Waals surface area contributed by atoms with Gasteiger partial charge >= 0.3 is 0 Å². The molecule has 2 aromatic rings. The minimum absolute atomic E-state index is 0.0998. The number of ketones is 1. The van der Waals surface area contributed by atoms with Crippen molar-refractivity contribution >= 4 is 17.4 Å². The van der Waals surface area contributed by atoms with Crippen LogP contribution in [0.2, 0.25) is 0 Å². The molecule has 0 radical (unpaired) electrons. The first-order chi connectivity index (χ1) is 14.5. The Morgan fingerprint density at radius 2 is 1.83 bits per heavy atom. The van der Waals surface area contributed by atoms with Gasteiger partial charge in [0.25, 0.3) is 11.7 Å². The average molecular weight is 407 g/mol. The van der Waals surface area contributed by atoms with E-state index >= 15 is 0 Å².